The Morgan fingerprint density at radius 3 is 2.53 bits per heavy atom. The Balaban J connectivity index is 2.23. The minimum absolute atomic E-state index is 0.128. The van der Waals surface area contributed by atoms with Gasteiger partial charge in [0.25, 0.3) is 5.91 Å². The van der Waals surface area contributed by atoms with Gasteiger partial charge in [0.05, 0.1) is 5.56 Å². The largest absolute Gasteiger partial charge is 0.508 e. The molecule has 5 heteroatoms. The summed E-state index contributed by atoms with van der Waals surface area (Å²) in [5.74, 6) is -0.219. The van der Waals surface area contributed by atoms with Gasteiger partial charge in [-0.2, -0.15) is 0 Å². The molecule has 5 nitrogen and oxygen atoms in total. The first-order chi connectivity index (χ1) is 8.97. The van der Waals surface area contributed by atoms with E-state index in [1.165, 1.54) is 12.1 Å². The van der Waals surface area contributed by atoms with E-state index >= 15 is 0 Å². The predicted molar refractivity (Wildman–Crippen MR) is 76.1 cm³/mol. The van der Waals surface area contributed by atoms with Crippen LogP contribution in [0.25, 0.3) is 0 Å². The highest BCUT2D eigenvalue weighted by Gasteiger charge is 2.10. The van der Waals surface area contributed by atoms with Crippen LogP contribution in [-0.4, -0.2) is 11.0 Å². The van der Waals surface area contributed by atoms with Crippen molar-refractivity contribution < 1.29 is 9.90 Å². The lowest BCUT2D eigenvalue weighted by Gasteiger charge is -2.09. The number of carbonyl (C=O) groups is 1. The smallest absolute Gasteiger partial charge is 0.257 e. The number of phenolic OH excluding ortho intramolecular Hbond substituents is 1. The minimum Gasteiger partial charge on any atom is -0.508 e. The predicted octanol–water partition coefficient (Wildman–Crippen LogP) is 2.12. The topological polar surface area (TPSA) is 101 Å². The fourth-order valence-corrected chi connectivity index (χ4v) is 1.67. The summed E-state index contributed by atoms with van der Waals surface area (Å²) in [4.78, 5) is 12.0. The molecule has 2 aromatic rings. The zero-order valence-electron chi connectivity index (χ0n) is 10.5. The number of phenols is 1. The average molecular weight is 257 g/mol. The quantitative estimate of drug-likeness (QED) is 0.619. The summed E-state index contributed by atoms with van der Waals surface area (Å²) in [6.07, 6.45) is 0. The number of amides is 1. The number of anilines is 3. The molecule has 0 radical (unpaired) electrons. The van der Waals surface area contributed by atoms with E-state index in [0.29, 0.717) is 22.6 Å². The van der Waals surface area contributed by atoms with Gasteiger partial charge in [0.1, 0.15) is 5.75 Å². The van der Waals surface area contributed by atoms with Gasteiger partial charge in [-0.05, 0) is 36.8 Å². The number of hydrogen-bond acceptors (Lipinski definition) is 4. The van der Waals surface area contributed by atoms with Crippen LogP contribution in [0.2, 0.25) is 0 Å². The number of nitrogens with one attached hydrogen (secondary N) is 1. The molecule has 0 unspecified atom stereocenters. The van der Waals surface area contributed by atoms with Crippen molar-refractivity contribution in [2.75, 3.05) is 16.8 Å². The van der Waals surface area contributed by atoms with Crippen LogP contribution in [0, 0.1) is 6.92 Å². The zero-order chi connectivity index (χ0) is 14.0. The van der Waals surface area contributed by atoms with Crippen molar-refractivity contribution >= 4 is 23.0 Å². The Morgan fingerprint density at radius 2 is 1.89 bits per heavy atom. The highest BCUT2D eigenvalue weighted by molar-refractivity contribution is 6.08. The molecular formula is C14H15N3O2. The van der Waals surface area contributed by atoms with Crippen LogP contribution < -0.4 is 16.8 Å². The summed E-state index contributed by atoms with van der Waals surface area (Å²) in [7, 11) is 0. The van der Waals surface area contributed by atoms with Crippen molar-refractivity contribution in [3.05, 3.63) is 47.5 Å². The number of nitrogen functional groups attached to an aromatic ring is 2. The van der Waals surface area contributed by atoms with Gasteiger partial charge in [-0.1, -0.05) is 6.07 Å². The maximum atomic E-state index is 12.0. The van der Waals surface area contributed by atoms with Crippen LogP contribution in [0.1, 0.15) is 15.9 Å². The molecule has 2 rings (SSSR count). The Labute approximate surface area is 110 Å². The van der Waals surface area contributed by atoms with Gasteiger partial charge in [-0.3, -0.25) is 4.79 Å². The fourth-order valence-electron chi connectivity index (χ4n) is 1.67. The third-order valence-corrected chi connectivity index (χ3v) is 2.79. The highest BCUT2D eigenvalue weighted by atomic mass is 16.3. The summed E-state index contributed by atoms with van der Waals surface area (Å²) in [6, 6.07) is 9.62. The van der Waals surface area contributed by atoms with Crippen molar-refractivity contribution in [3.63, 3.8) is 0 Å². The van der Waals surface area contributed by atoms with E-state index in [9.17, 15) is 9.90 Å². The first-order valence-corrected chi connectivity index (χ1v) is 5.73. The van der Waals surface area contributed by atoms with Gasteiger partial charge in [-0.25, -0.2) is 0 Å². The maximum absolute atomic E-state index is 12.0. The number of carbonyl (C=O) groups excluding carboxylic acids is 1. The molecule has 19 heavy (non-hydrogen) atoms. The van der Waals surface area contributed by atoms with E-state index in [0.717, 1.165) is 5.56 Å². The van der Waals surface area contributed by atoms with Crippen LogP contribution in [0.15, 0.2) is 36.4 Å². The third-order valence-electron chi connectivity index (χ3n) is 2.79. The molecule has 0 aliphatic rings. The van der Waals surface area contributed by atoms with Gasteiger partial charge in [0.15, 0.2) is 0 Å². The normalized spacial score (nSPS) is 10.2. The van der Waals surface area contributed by atoms with Crippen LogP contribution in [0.5, 0.6) is 5.75 Å². The van der Waals surface area contributed by atoms with E-state index in [-0.39, 0.29) is 11.7 Å². The second kappa shape index (κ2) is 4.89. The number of rotatable bonds is 2. The molecule has 6 N–H and O–H groups in total. The van der Waals surface area contributed by atoms with Gasteiger partial charge >= 0.3 is 0 Å². The average Bonchev–Trinajstić information content (AvgIpc) is 2.33. The summed E-state index contributed by atoms with van der Waals surface area (Å²) in [6.45, 7) is 1.78. The molecule has 0 aliphatic carbocycles. The molecule has 0 bridgehead atoms. The molecular weight excluding hydrogens is 242 g/mol. The Hall–Kier alpha value is -2.69. The maximum Gasteiger partial charge on any atom is 0.257 e. The van der Waals surface area contributed by atoms with Crippen molar-refractivity contribution in [3.8, 4) is 5.75 Å². The first-order valence-electron chi connectivity index (χ1n) is 5.73. The molecule has 0 saturated heterocycles. The molecule has 98 valence electrons. The van der Waals surface area contributed by atoms with E-state index in [1.54, 1.807) is 31.2 Å². The molecule has 2 aromatic carbocycles. The SMILES string of the molecule is Cc1ccc(NC(=O)c2ccc(N)cc2N)cc1O. The summed E-state index contributed by atoms with van der Waals surface area (Å²) < 4.78 is 0. The summed E-state index contributed by atoms with van der Waals surface area (Å²) >= 11 is 0. The van der Waals surface area contributed by atoms with E-state index < -0.39 is 0 Å². The lowest BCUT2D eigenvalue weighted by atomic mass is 10.1. The number of hydrogen-bond donors (Lipinski definition) is 4. The van der Waals surface area contributed by atoms with Crippen molar-refractivity contribution in [2.45, 2.75) is 6.92 Å². The van der Waals surface area contributed by atoms with Gasteiger partial charge in [0, 0.05) is 23.1 Å². The van der Waals surface area contributed by atoms with E-state index in [4.69, 9.17) is 11.5 Å². The highest BCUT2D eigenvalue weighted by Crippen LogP contribution is 2.22. The second-order valence-electron chi connectivity index (χ2n) is 4.30. The van der Waals surface area contributed by atoms with Crippen LogP contribution in [0.3, 0.4) is 0 Å². The van der Waals surface area contributed by atoms with E-state index in [2.05, 4.69) is 5.32 Å². The second-order valence-corrected chi connectivity index (χ2v) is 4.30. The Bertz CT molecular complexity index is 639. The molecule has 0 aromatic heterocycles. The molecule has 0 aliphatic heterocycles. The van der Waals surface area contributed by atoms with E-state index in [1.807, 2.05) is 0 Å². The Morgan fingerprint density at radius 1 is 1.16 bits per heavy atom. The van der Waals surface area contributed by atoms with Crippen molar-refractivity contribution in [1.29, 1.82) is 0 Å². The van der Waals surface area contributed by atoms with Crippen molar-refractivity contribution in [2.24, 2.45) is 0 Å². The lowest BCUT2D eigenvalue weighted by molar-refractivity contribution is 0.102. The third kappa shape index (κ3) is 2.77. The number of nitrogens with two attached hydrogens (primary N) is 2. The lowest BCUT2D eigenvalue weighted by Crippen LogP contribution is -2.14. The van der Waals surface area contributed by atoms with Gasteiger partial charge < -0.3 is 21.9 Å². The summed E-state index contributed by atoms with van der Waals surface area (Å²) in [5.41, 5.74) is 13.7. The summed E-state index contributed by atoms with van der Waals surface area (Å²) in [5, 5.41) is 12.2. The number of aryl methyl sites for hydroxylation is 1. The zero-order valence-corrected chi connectivity index (χ0v) is 10.5. The molecule has 0 heterocycles. The van der Waals surface area contributed by atoms with Gasteiger partial charge in [0.2, 0.25) is 0 Å². The monoisotopic (exact) mass is 257 g/mol. The number of aromatic hydroxyl groups is 1. The fraction of sp³-hybridized carbons (Fsp3) is 0.0714. The molecule has 0 saturated carbocycles. The van der Waals surface area contributed by atoms with Crippen LogP contribution in [0.4, 0.5) is 17.1 Å². The Kier molecular flexibility index (Phi) is 3.29. The molecule has 0 spiro atoms. The molecule has 0 fully saturated rings. The first kappa shape index (κ1) is 12.8. The van der Waals surface area contributed by atoms with Crippen molar-refractivity contribution in [1.82, 2.24) is 0 Å². The standard InChI is InChI=1S/C14H15N3O2/c1-8-2-4-10(7-13(8)18)17-14(19)11-5-3-9(15)6-12(11)16/h2-7,18H,15-16H2,1H3,(H,17,19). The van der Waals surface area contributed by atoms with Gasteiger partial charge in [-0.15, -0.1) is 0 Å². The molecule has 0 atom stereocenters. The minimum atomic E-state index is -0.347. The molecule has 1 amide bonds. The van der Waals surface area contributed by atoms with Crippen LogP contribution in [-0.2, 0) is 0 Å². The van der Waals surface area contributed by atoms with Crippen LogP contribution >= 0.6 is 0 Å². The number of benzene rings is 2.